The van der Waals surface area contributed by atoms with Crippen LogP contribution >= 0.6 is 0 Å². The van der Waals surface area contributed by atoms with Crippen LogP contribution in [0.15, 0.2) is 30.5 Å². The highest BCUT2D eigenvalue weighted by Crippen LogP contribution is 2.24. The predicted octanol–water partition coefficient (Wildman–Crippen LogP) is 3.03. The van der Waals surface area contributed by atoms with Gasteiger partial charge in [-0.2, -0.15) is 0 Å². The van der Waals surface area contributed by atoms with Crippen LogP contribution in [0.1, 0.15) is 29.8 Å². The van der Waals surface area contributed by atoms with Gasteiger partial charge in [-0.3, -0.25) is 0 Å². The molecule has 0 aliphatic rings. The summed E-state index contributed by atoms with van der Waals surface area (Å²) >= 11 is 0. The van der Waals surface area contributed by atoms with Crippen molar-refractivity contribution in [2.24, 2.45) is 0 Å². The Morgan fingerprint density at radius 2 is 1.79 bits per heavy atom. The van der Waals surface area contributed by atoms with Crippen LogP contribution in [0, 0.1) is 0 Å². The number of carbonyl (C=O) groups is 1. The van der Waals surface area contributed by atoms with Crippen LogP contribution in [-0.2, 0) is 9.47 Å². The molecule has 4 nitrogen and oxygen atoms in total. The van der Waals surface area contributed by atoms with Crippen molar-refractivity contribution in [1.82, 2.24) is 0 Å². The second-order valence-electron chi connectivity index (χ2n) is 4.11. The highest BCUT2D eigenvalue weighted by molar-refractivity contribution is 5.91. The zero-order chi connectivity index (χ0) is 14.4. The maximum Gasteiger partial charge on any atom is 0.338 e. The highest BCUT2D eigenvalue weighted by Gasteiger charge is 2.13. The van der Waals surface area contributed by atoms with E-state index in [1.807, 2.05) is 13.8 Å². The first-order chi connectivity index (χ1) is 9.01. The Kier molecular flexibility index (Phi) is 5.22. The van der Waals surface area contributed by atoms with E-state index in [1.54, 1.807) is 18.2 Å². The molecule has 1 aromatic carbocycles. The quantitative estimate of drug-likeness (QED) is 0.465. The Bertz CT molecular complexity index is 511. The third kappa shape index (κ3) is 3.90. The summed E-state index contributed by atoms with van der Waals surface area (Å²) in [4.78, 5) is 11.6. The summed E-state index contributed by atoms with van der Waals surface area (Å²) in [6, 6.07) is 5.05. The van der Waals surface area contributed by atoms with Gasteiger partial charge in [0.2, 0.25) is 0 Å². The van der Waals surface area contributed by atoms with E-state index in [1.165, 1.54) is 14.2 Å². The van der Waals surface area contributed by atoms with E-state index >= 15 is 0 Å². The molecule has 0 fully saturated rings. The molecular formula is C15H18O4. The summed E-state index contributed by atoms with van der Waals surface area (Å²) in [5.74, 6) is 0.576. The molecule has 102 valence electrons. The van der Waals surface area contributed by atoms with Gasteiger partial charge >= 0.3 is 5.97 Å². The maximum absolute atomic E-state index is 11.6. The molecule has 1 rings (SSSR count). The third-order valence-corrected chi connectivity index (χ3v) is 2.33. The summed E-state index contributed by atoms with van der Waals surface area (Å²) in [7, 11) is 2.85. The van der Waals surface area contributed by atoms with Crippen molar-refractivity contribution in [3.63, 3.8) is 0 Å². The number of esters is 1. The van der Waals surface area contributed by atoms with Gasteiger partial charge in [-0.15, -0.1) is 0 Å². The average molecular weight is 262 g/mol. The van der Waals surface area contributed by atoms with Crippen LogP contribution in [0.2, 0.25) is 0 Å². The summed E-state index contributed by atoms with van der Waals surface area (Å²) in [6.45, 7) is 7.37. The molecule has 0 radical (unpaired) electrons. The van der Waals surface area contributed by atoms with E-state index in [-0.39, 0.29) is 6.10 Å². The van der Waals surface area contributed by atoms with Crippen LogP contribution in [-0.4, -0.2) is 26.3 Å². The number of hydrogen-bond donors (Lipinski definition) is 0. The normalized spacial score (nSPS) is 9.74. The molecule has 0 aromatic heterocycles. The molecule has 0 aliphatic heterocycles. The van der Waals surface area contributed by atoms with Crippen LogP contribution in [0.5, 0.6) is 5.75 Å². The number of benzene rings is 1. The molecule has 0 aliphatic carbocycles. The van der Waals surface area contributed by atoms with Gasteiger partial charge in [0.05, 0.1) is 25.9 Å². The molecule has 0 heterocycles. The fourth-order valence-electron chi connectivity index (χ4n) is 1.60. The molecule has 0 bridgehead atoms. The molecular weight excluding hydrogens is 244 g/mol. The van der Waals surface area contributed by atoms with Crippen molar-refractivity contribution in [2.75, 3.05) is 14.2 Å². The summed E-state index contributed by atoms with van der Waals surface area (Å²) in [5.41, 5.74) is 3.72. The topological polar surface area (TPSA) is 44.8 Å². The fraction of sp³-hybridized carbons (Fsp3) is 0.333. The molecule has 0 saturated heterocycles. The molecule has 1 aromatic rings. The van der Waals surface area contributed by atoms with Crippen molar-refractivity contribution < 1.29 is 19.0 Å². The van der Waals surface area contributed by atoms with Crippen LogP contribution in [0.4, 0.5) is 0 Å². The SMILES string of the molecule is C=C=C(OC)c1cc(OC(C)C)cc(C(=O)OC)c1. The largest absolute Gasteiger partial charge is 0.491 e. The standard InChI is InChI=1S/C15H18O4/c1-6-14(17-4)11-7-12(15(16)18-5)9-13(8-11)19-10(2)3/h7-10H,1H2,2-5H3. The lowest BCUT2D eigenvalue weighted by Crippen LogP contribution is -2.08. The highest BCUT2D eigenvalue weighted by atomic mass is 16.5. The molecule has 0 amide bonds. The molecule has 0 atom stereocenters. The van der Waals surface area contributed by atoms with Crippen LogP contribution in [0.25, 0.3) is 5.76 Å². The van der Waals surface area contributed by atoms with E-state index in [0.717, 1.165) is 0 Å². The van der Waals surface area contributed by atoms with Crippen molar-refractivity contribution in [3.8, 4) is 5.75 Å². The minimum absolute atomic E-state index is 0.000507. The third-order valence-electron chi connectivity index (χ3n) is 2.33. The average Bonchev–Trinajstić information content (AvgIpc) is 2.38. The number of carbonyl (C=O) groups excluding carboxylic acids is 1. The van der Waals surface area contributed by atoms with Gasteiger partial charge in [0.15, 0.2) is 5.76 Å². The first kappa shape index (κ1) is 14.9. The van der Waals surface area contributed by atoms with Gasteiger partial charge in [-0.05, 0) is 32.0 Å². The Labute approximate surface area is 113 Å². The zero-order valence-electron chi connectivity index (χ0n) is 11.6. The number of ether oxygens (including phenoxy) is 3. The van der Waals surface area contributed by atoms with E-state index in [9.17, 15) is 4.79 Å². The Morgan fingerprint density at radius 3 is 2.26 bits per heavy atom. The zero-order valence-corrected chi connectivity index (χ0v) is 11.6. The van der Waals surface area contributed by atoms with Gasteiger partial charge in [0, 0.05) is 5.56 Å². The Balaban J connectivity index is 3.31. The lowest BCUT2D eigenvalue weighted by molar-refractivity contribution is 0.0600. The first-order valence-electron chi connectivity index (χ1n) is 5.86. The Morgan fingerprint density at radius 1 is 1.16 bits per heavy atom. The summed E-state index contributed by atoms with van der Waals surface area (Å²) < 4.78 is 15.5. The van der Waals surface area contributed by atoms with Crippen molar-refractivity contribution >= 4 is 11.7 Å². The van der Waals surface area contributed by atoms with Crippen molar-refractivity contribution in [2.45, 2.75) is 20.0 Å². The van der Waals surface area contributed by atoms with E-state index in [0.29, 0.717) is 22.6 Å². The van der Waals surface area contributed by atoms with E-state index in [2.05, 4.69) is 12.3 Å². The number of methoxy groups -OCH3 is 2. The van der Waals surface area contributed by atoms with Gasteiger partial charge in [0.25, 0.3) is 0 Å². The predicted molar refractivity (Wildman–Crippen MR) is 73.1 cm³/mol. The second-order valence-corrected chi connectivity index (χ2v) is 4.11. The van der Waals surface area contributed by atoms with Crippen LogP contribution < -0.4 is 4.74 Å². The van der Waals surface area contributed by atoms with Gasteiger partial charge in [-0.25, -0.2) is 4.79 Å². The van der Waals surface area contributed by atoms with E-state index < -0.39 is 5.97 Å². The molecule has 0 unspecified atom stereocenters. The van der Waals surface area contributed by atoms with E-state index in [4.69, 9.17) is 14.2 Å². The van der Waals surface area contributed by atoms with Gasteiger partial charge in [-0.1, -0.05) is 12.3 Å². The molecule has 4 heteroatoms. The van der Waals surface area contributed by atoms with Gasteiger partial charge < -0.3 is 14.2 Å². The number of hydrogen-bond acceptors (Lipinski definition) is 4. The lowest BCUT2D eigenvalue weighted by Gasteiger charge is -2.13. The molecule has 0 N–H and O–H groups in total. The molecule has 19 heavy (non-hydrogen) atoms. The second kappa shape index (κ2) is 6.66. The summed E-state index contributed by atoms with van der Waals surface area (Å²) in [5, 5.41) is 0. The number of rotatable bonds is 5. The molecule has 0 saturated carbocycles. The molecule has 0 spiro atoms. The first-order valence-corrected chi connectivity index (χ1v) is 5.86. The van der Waals surface area contributed by atoms with Crippen molar-refractivity contribution in [3.05, 3.63) is 41.6 Å². The minimum atomic E-state index is -0.435. The summed E-state index contributed by atoms with van der Waals surface area (Å²) in [6.07, 6.45) is -0.000507. The minimum Gasteiger partial charge on any atom is -0.491 e. The lowest BCUT2D eigenvalue weighted by atomic mass is 10.1. The van der Waals surface area contributed by atoms with Gasteiger partial charge in [0.1, 0.15) is 5.75 Å². The Hall–Kier alpha value is -2.19. The smallest absolute Gasteiger partial charge is 0.338 e. The monoisotopic (exact) mass is 262 g/mol. The maximum atomic E-state index is 11.6. The van der Waals surface area contributed by atoms with Crippen LogP contribution in [0.3, 0.4) is 0 Å². The van der Waals surface area contributed by atoms with Crippen molar-refractivity contribution in [1.29, 1.82) is 0 Å². The fourth-order valence-corrected chi connectivity index (χ4v) is 1.60.